The van der Waals surface area contributed by atoms with Crippen LogP contribution in [0.1, 0.15) is 5.56 Å². The number of carbonyl (C=O) groups is 1. The van der Waals surface area contributed by atoms with Crippen LogP contribution in [0.15, 0.2) is 30.3 Å². The number of benzene rings is 2. The molecule has 2 rings (SSSR count). The zero-order chi connectivity index (χ0) is 19.1. The standard InChI is InChI=1S/C17H19Cl2N3O4/c1-26-13-7-11(20-2-3-23)6-12(8-13)21-17(25)22-16-5-10(18)4-15(19)14(16)9-24/h4-8,20,23-24H,2-3,9H2,1H3,(H2,21,22,25). The van der Waals surface area contributed by atoms with Gasteiger partial charge in [0.1, 0.15) is 5.75 Å². The van der Waals surface area contributed by atoms with Gasteiger partial charge in [-0.25, -0.2) is 4.79 Å². The maximum absolute atomic E-state index is 12.3. The van der Waals surface area contributed by atoms with E-state index in [1.165, 1.54) is 19.2 Å². The van der Waals surface area contributed by atoms with Crippen LogP contribution in [-0.2, 0) is 6.61 Å². The van der Waals surface area contributed by atoms with Crippen molar-refractivity contribution in [1.82, 2.24) is 0 Å². The Balaban J connectivity index is 2.17. The first kappa shape index (κ1) is 20.1. The van der Waals surface area contributed by atoms with Crippen molar-refractivity contribution in [2.45, 2.75) is 6.61 Å². The van der Waals surface area contributed by atoms with Crippen molar-refractivity contribution >= 4 is 46.3 Å². The Morgan fingerprint density at radius 3 is 2.46 bits per heavy atom. The first-order chi connectivity index (χ1) is 12.5. The van der Waals surface area contributed by atoms with Gasteiger partial charge in [0, 0.05) is 45.7 Å². The smallest absolute Gasteiger partial charge is 0.323 e. The summed E-state index contributed by atoms with van der Waals surface area (Å²) in [7, 11) is 1.51. The fraction of sp³-hybridized carbons (Fsp3) is 0.235. The molecule has 26 heavy (non-hydrogen) atoms. The molecule has 2 aromatic carbocycles. The van der Waals surface area contributed by atoms with Gasteiger partial charge in [-0.05, 0) is 18.2 Å². The molecule has 0 spiro atoms. The molecule has 2 amide bonds. The lowest BCUT2D eigenvalue weighted by molar-refractivity contribution is 0.262. The zero-order valence-corrected chi connectivity index (χ0v) is 15.5. The maximum Gasteiger partial charge on any atom is 0.323 e. The van der Waals surface area contributed by atoms with Gasteiger partial charge < -0.3 is 30.9 Å². The van der Waals surface area contributed by atoms with Crippen LogP contribution >= 0.6 is 23.2 Å². The molecule has 0 atom stereocenters. The predicted octanol–water partition coefficient (Wildman–Crippen LogP) is 3.54. The first-order valence-electron chi connectivity index (χ1n) is 7.67. The molecule has 0 unspecified atom stereocenters. The number of methoxy groups -OCH3 is 1. The van der Waals surface area contributed by atoms with Gasteiger partial charge in [0.25, 0.3) is 0 Å². The number of aliphatic hydroxyl groups is 2. The molecular formula is C17H19Cl2N3O4. The van der Waals surface area contributed by atoms with Gasteiger partial charge in [0.15, 0.2) is 0 Å². The maximum atomic E-state index is 12.3. The van der Waals surface area contributed by atoms with E-state index in [1.54, 1.807) is 18.2 Å². The van der Waals surface area contributed by atoms with Gasteiger partial charge in [-0.2, -0.15) is 0 Å². The summed E-state index contributed by atoms with van der Waals surface area (Å²) in [5, 5.41) is 27.2. The van der Waals surface area contributed by atoms with E-state index in [9.17, 15) is 9.90 Å². The van der Waals surface area contributed by atoms with E-state index in [0.29, 0.717) is 39.9 Å². The van der Waals surface area contributed by atoms with Crippen LogP contribution < -0.4 is 20.7 Å². The zero-order valence-electron chi connectivity index (χ0n) is 14.0. The highest BCUT2D eigenvalue weighted by molar-refractivity contribution is 6.35. The Morgan fingerprint density at radius 1 is 1.08 bits per heavy atom. The monoisotopic (exact) mass is 399 g/mol. The summed E-state index contributed by atoms with van der Waals surface area (Å²) in [6, 6.07) is 7.51. The molecule has 0 aromatic heterocycles. The number of carbonyl (C=O) groups excluding carboxylic acids is 1. The lowest BCUT2D eigenvalue weighted by atomic mass is 10.2. The molecule has 0 bridgehead atoms. The number of rotatable bonds is 7. The molecule has 0 radical (unpaired) electrons. The van der Waals surface area contributed by atoms with Crippen molar-refractivity contribution in [1.29, 1.82) is 0 Å². The van der Waals surface area contributed by atoms with Gasteiger partial charge in [-0.15, -0.1) is 0 Å². The normalized spacial score (nSPS) is 10.3. The number of aliphatic hydroxyl groups excluding tert-OH is 2. The molecule has 9 heteroatoms. The average Bonchev–Trinajstić information content (AvgIpc) is 2.59. The van der Waals surface area contributed by atoms with E-state index < -0.39 is 6.03 Å². The van der Waals surface area contributed by atoms with Crippen LogP contribution in [-0.4, -0.2) is 36.5 Å². The van der Waals surface area contributed by atoms with Gasteiger partial charge in [0.2, 0.25) is 0 Å². The molecule has 0 aliphatic carbocycles. The summed E-state index contributed by atoms with van der Waals surface area (Å²) in [4.78, 5) is 12.3. The molecule has 0 aliphatic heterocycles. The van der Waals surface area contributed by atoms with Crippen LogP contribution in [0, 0.1) is 0 Å². The van der Waals surface area contributed by atoms with Crippen LogP contribution in [0.4, 0.5) is 21.9 Å². The molecule has 2 aromatic rings. The number of halogens is 2. The third-order valence-electron chi connectivity index (χ3n) is 3.41. The number of nitrogens with one attached hydrogen (secondary N) is 3. The minimum Gasteiger partial charge on any atom is -0.497 e. The van der Waals surface area contributed by atoms with Crippen molar-refractivity contribution < 1.29 is 19.7 Å². The van der Waals surface area contributed by atoms with E-state index in [4.69, 9.17) is 33.0 Å². The fourth-order valence-corrected chi connectivity index (χ4v) is 2.80. The summed E-state index contributed by atoms with van der Waals surface area (Å²) in [6.07, 6.45) is 0. The number of hydrogen-bond donors (Lipinski definition) is 5. The molecule has 0 fully saturated rings. The van der Waals surface area contributed by atoms with Crippen molar-refractivity contribution in [2.75, 3.05) is 36.2 Å². The van der Waals surface area contributed by atoms with Gasteiger partial charge >= 0.3 is 6.03 Å². The number of amides is 2. The SMILES string of the molecule is COc1cc(NCCO)cc(NC(=O)Nc2cc(Cl)cc(Cl)c2CO)c1. The Bertz CT molecular complexity index is 787. The van der Waals surface area contributed by atoms with Crippen molar-refractivity contribution in [3.8, 4) is 5.75 Å². The van der Waals surface area contributed by atoms with Gasteiger partial charge in [0.05, 0.1) is 26.0 Å². The number of hydrogen-bond acceptors (Lipinski definition) is 5. The highest BCUT2D eigenvalue weighted by Crippen LogP contribution is 2.30. The molecule has 0 saturated carbocycles. The second kappa shape index (κ2) is 9.49. The Hall–Kier alpha value is -2.19. The van der Waals surface area contributed by atoms with E-state index in [2.05, 4.69) is 16.0 Å². The van der Waals surface area contributed by atoms with Crippen molar-refractivity contribution in [2.24, 2.45) is 0 Å². The molecule has 140 valence electrons. The predicted molar refractivity (Wildman–Crippen MR) is 104 cm³/mol. The van der Waals surface area contributed by atoms with Crippen LogP contribution in [0.3, 0.4) is 0 Å². The highest BCUT2D eigenvalue weighted by atomic mass is 35.5. The number of urea groups is 1. The van der Waals surface area contributed by atoms with Gasteiger partial charge in [-0.1, -0.05) is 23.2 Å². The summed E-state index contributed by atoms with van der Waals surface area (Å²) >= 11 is 12.0. The van der Waals surface area contributed by atoms with Gasteiger partial charge in [-0.3, -0.25) is 0 Å². The van der Waals surface area contributed by atoms with E-state index in [1.807, 2.05) is 0 Å². The Labute approximate surface area is 160 Å². The minimum absolute atomic E-state index is 0.0279. The molecule has 5 N–H and O–H groups in total. The second-order valence-electron chi connectivity index (χ2n) is 5.25. The topological polar surface area (TPSA) is 103 Å². The molecule has 7 nitrogen and oxygen atoms in total. The lowest BCUT2D eigenvalue weighted by Crippen LogP contribution is -2.20. The largest absolute Gasteiger partial charge is 0.497 e. The molecular weight excluding hydrogens is 381 g/mol. The average molecular weight is 400 g/mol. The molecule has 0 heterocycles. The van der Waals surface area contributed by atoms with Crippen LogP contribution in [0.25, 0.3) is 0 Å². The van der Waals surface area contributed by atoms with E-state index in [0.717, 1.165) is 0 Å². The number of ether oxygens (including phenoxy) is 1. The Morgan fingerprint density at radius 2 is 1.81 bits per heavy atom. The lowest BCUT2D eigenvalue weighted by Gasteiger charge is -2.14. The summed E-state index contributed by atoms with van der Waals surface area (Å²) < 4.78 is 5.20. The fourth-order valence-electron chi connectivity index (χ4n) is 2.25. The molecule has 0 aliphatic rings. The number of anilines is 3. The summed E-state index contributed by atoms with van der Waals surface area (Å²) in [5.41, 5.74) is 1.82. The van der Waals surface area contributed by atoms with Crippen LogP contribution in [0.2, 0.25) is 10.0 Å². The Kier molecular flexibility index (Phi) is 7.35. The summed E-state index contributed by atoms with van der Waals surface area (Å²) in [5.74, 6) is 0.532. The highest BCUT2D eigenvalue weighted by Gasteiger charge is 2.12. The second-order valence-corrected chi connectivity index (χ2v) is 6.10. The first-order valence-corrected chi connectivity index (χ1v) is 8.43. The quantitative estimate of drug-likeness (QED) is 0.489. The summed E-state index contributed by atoms with van der Waals surface area (Å²) in [6.45, 7) is -0.0143. The van der Waals surface area contributed by atoms with Crippen molar-refractivity contribution in [3.05, 3.63) is 45.9 Å². The van der Waals surface area contributed by atoms with E-state index in [-0.39, 0.29) is 18.2 Å². The third kappa shape index (κ3) is 5.40. The molecule has 0 saturated heterocycles. The third-order valence-corrected chi connectivity index (χ3v) is 3.96. The van der Waals surface area contributed by atoms with Crippen LogP contribution in [0.5, 0.6) is 5.75 Å². The van der Waals surface area contributed by atoms with Crippen molar-refractivity contribution in [3.63, 3.8) is 0 Å². The minimum atomic E-state index is -0.542. The van der Waals surface area contributed by atoms with E-state index >= 15 is 0 Å².